The minimum Gasteiger partial charge on any atom is -0.497 e. The van der Waals surface area contributed by atoms with Gasteiger partial charge in [-0.3, -0.25) is 4.79 Å². The summed E-state index contributed by atoms with van der Waals surface area (Å²) < 4.78 is 32.3. The standard InChI is InChI=1S/C14H19NO5S/c1-20-10-5-4-6-11(9-10)21(18,19)15-13-8-3-2-7-12(13)14(16)17/h4-6,9,12-13,15H,2-3,7-8H2,1H3,(H,16,17). The van der Waals surface area contributed by atoms with E-state index in [1.165, 1.54) is 19.2 Å². The Kier molecular flexibility index (Phi) is 4.84. The molecule has 0 bridgehead atoms. The van der Waals surface area contributed by atoms with Gasteiger partial charge in [-0.05, 0) is 25.0 Å². The molecule has 2 atom stereocenters. The summed E-state index contributed by atoms with van der Waals surface area (Å²) in [6, 6.07) is 5.56. The number of carbonyl (C=O) groups is 1. The lowest BCUT2D eigenvalue weighted by molar-refractivity contribution is -0.143. The molecule has 1 aromatic rings. The molecule has 1 fully saturated rings. The molecular weight excluding hydrogens is 294 g/mol. The SMILES string of the molecule is COc1cccc(S(=O)(=O)NC2CCCCC2C(=O)O)c1. The van der Waals surface area contributed by atoms with Gasteiger partial charge in [-0.2, -0.15) is 0 Å². The van der Waals surface area contributed by atoms with Crippen molar-refractivity contribution in [1.82, 2.24) is 4.72 Å². The van der Waals surface area contributed by atoms with Crippen LogP contribution in [0.2, 0.25) is 0 Å². The number of sulfonamides is 1. The largest absolute Gasteiger partial charge is 0.497 e. The first-order valence-electron chi connectivity index (χ1n) is 6.83. The van der Waals surface area contributed by atoms with Crippen LogP contribution in [0.15, 0.2) is 29.2 Å². The fourth-order valence-electron chi connectivity index (χ4n) is 2.60. The van der Waals surface area contributed by atoms with E-state index in [1.54, 1.807) is 12.1 Å². The van der Waals surface area contributed by atoms with Crippen molar-refractivity contribution in [2.45, 2.75) is 36.6 Å². The number of hydrogen-bond acceptors (Lipinski definition) is 4. The zero-order chi connectivity index (χ0) is 15.5. The summed E-state index contributed by atoms with van der Waals surface area (Å²) >= 11 is 0. The minimum atomic E-state index is -3.75. The predicted octanol–water partition coefficient (Wildman–Crippen LogP) is 1.62. The highest BCUT2D eigenvalue weighted by atomic mass is 32.2. The maximum atomic E-state index is 12.4. The van der Waals surface area contributed by atoms with Crippen LogP contribution in [0, 0.1) is 5.92 Å². The van der Waals surface area contributed by atoms with Crippen LogP contribution in [0.4, 0.5) is 0 Å². The van der Waals surface area contributed by atoms with Gasteiger partial charge in [0.25, 0.3) is 0 Å². The Morgan fingerprint density at radius 1 is 1.33 bits per heavy atom. The van der Waals surface area contributed by atoms with Gasteiger partial charge in [0.05, 0.1) is 17.9 Å². The van der Waals surface area contributed by atoms with E-state index >= 15 is 0 Å². The van der Waals surface area contributed by atoms with E-state index in [-0.39, 0.29) is 4.90 Å². The zero-order valence-electron chi connectivity index (χ0n) is 11.8. The number of carboxylic acid groups (broad SMARTS) is 1. The van der Waals surface area contributed by atoms with Gasteiger partial charge in [-0.25, -0.2) is 13.1 Å². The fraction of sp³-hybridized carbons (Fsp3) is 0.500. The Hall–Kier alpha value is -1.60. The molecule has 1 aromatic carbocycles. The third kappa shape index (κ3) is 3.74. The lowest BCUT2D eigenvalue weighted by Crippen LogP contribution is -2.44. The molecule has 0 amide bonds. The number of hydrogen-bond donors (Lipinski definition) is 2. The first-order valence-corrected chi connectivity index (χ1v) is 8.31. The van der Waals surface area contributed by atoms with E-state index in [0.29, 0.717) is 18.6 Å². The van der Waals surface area contributed by atoms with Gasteiger partial charge in [0.1, 0.15) is 5.75 Å². The van der Waals surface area contributed by atoms with Crippen LogP contribution in [0.3, 0.4) is 0 Å². The Bertz CT molecular complexity index is 614. The number of carboxylic acids is 1. The number of nitrogens with one attached hydrogen (secondary N) is 1. The Morgan fingerprint density at radius 2 is 2.05 bits per heavy atom. The number of aliphatic carboxylic acids is 1. The maximum absolute atomic E-state index is 12.4. The molecule has 2 N–H and O–H groups in total. The van der Waals surface area contributed by atoms with Crippen LogP contribution in [0.1, 0.15) is 25.7 Å². The smallest absolute Gasteiger partial charge is 0.308 e. The van der Waals surface area contributed by atoms with Gasteiger partial charge in [0.2, 0.25) is 10.0 Å². The number of ether oxygens (including phenoxy) is 1. The molecule has 6 nitrogen and oxygen atoms in total. The summed E-state index contributed by atoms with van der Waals surface area (Å²) in [4.78, 5) is 11.3. The summed E-state index contributed by atoms with van der Waals surface area (Å²) in [6.07, 6.45) is 2.68. The van der Waals surface area contributed by atoms with Crippen LogP contribution in [0.5, 0.6) is 5.75 Å². The lowest BCUT2D eigenvalue weighted by atomic mass is 9.85. The summed E-state index contributed by atoms with van der Waals surface area (Å²) in [5.41, 5.74) is 0. The third-order valence-electron chi connectivity index (χ3n) is 3.74. The van der Waals surface area contributed by atoms with Crippen molar-refractivity contribution >= 4 is 16.0 Å². The minimum absolute atomic E-state index is 0.0802. The molecule has 21 heavy (non-hydrogen) atoms. The van der Waals surface area contributed by atoms with Gasteiger partial charge in [-0.1, -0.05) is 18.9 Å². The number of benzene rings is 1. The molecule has 1 saturated carbocycles. The molecule has 7 heteroatoms. The molecule has 0 saturated heterocycles. The van der Waals surface area contributed by atoms with Crippen molar-refractivity contribution < 1.29 is 23.1 Å². The van der Waals surface area contributed by atoms with E-state index in [4.69, 9.17) is 4.74 Å². The molecule has 2 rings (SSSR count). The van der Waals surface area contributed by atoms with Crippen molar-refractivity contribution in [2.24, 2.45) is 5.92 Å². The second kappa shape index (κ2) is 6.44. The molecule has 0 radical (unpaired) electrons. The first kappa shape index (κ1) is 15.8. The van der Waals surface area contributed by atoms with E-state index in [0.717, 1.165) is 12.8 Å². The number of methoxy groups -OCH3 is 1. The predicted molar refractivity (Wildman–Crippen MR) is 76.7 cm³/mol. The first-order chi connectivity index (χ1) is 9.94. The van der Waals surface area contributed by atoms with Gasteiger partial charge in [0.15, 0.2) is 0 Å². The summed E-state index contributed by atoms with van der Waals surface area (Å²) in [5, 5.41) is 9.20. The second-order valence-corrected chi connectivity index (χ2v) is 6.85. The quantitative estimate of drug-likeness (QED) is 0.861. The van der Waals surface area contributed by atoms with Gasteiger partial charge >= 0.3 is 5.97 Å². The van der Waals surface area contributed by atoms with Gasteiger partial charge in [-0.15, -0.1) is 0 Å². The molecular formula is C14H19NO5S. The van der Waals surface area contributed by atoms with E-state index < -0.39 is 28.0 Å². The summed E-state index contributed by atoms with van der Waals surface area (Å²) in [7, 11) is -2.29. The highest BCUT2D eigenvalue weighted by molar-refractivity contribution is 7.89. The highest BCUT2D eigenvalue weighted by Crippen LogP contribution is 2.26. The van der Waals surface area contributed by atoms with Crippen molar-refractivity contribution in [2.75, 3.05) is 7.11 Å². The average Bonchev–Trinajstić information content (AvgIpc) is 2.47. The normalized spacial score (nSPS) is 22.7. The molecule has 0 aromatic heterocycles. The molecule has 1 aliphatic rings. The zero-order valence-corrected chi connectivity index (χ0v) is 12.6. The Balaban J connectivity index is 2.21. The van der Waals surface area contributed by atoms with Crippen LogP contribution < -0.4 is 9.46 Å². The monoisotopic (exact) mass is 313 g/mol. The molecule has 116 valence electrons. The van der Waals surface area contributed by atoms with E-state index in [1.807, 2.05) is 0 Å². The molecule has 0 aliphatic heterocycles. The van der Waals surface area contributed by atoms with E-state index in [2.05, 4.69) is 4.72 Å². The second-order valence-electron chi connectivity index (χ2n) is 5.14. The van der Waals surface area contributed by atoms with Crippen LogP contribution in [-0.2, 0) is 14.8 Å². The summed E-state index contributed by atoms with van der Waals surface area (Å²) in [5.74, 6) is -1.18. The lowest BCUT2D eigenvalue weighted by Gasteiger charge is -2.29. The average molecular weight is 313 g/mol. The van der Waals surface area contributed by atoms with Crippen molar-refractivity contribution in [3.8, 4) is 5.75 Å². The maximum Gasteiger partial charge on any atom is 0.308 e. The van der Waals surface area contributed by atoms with Gasteiger partial charge in [0, 0.05) is 12.1 Å². The Morgan fingerprint density at radius 3 is 2.71 bits per heavy atom. The van der Waals surface area contributed by atoms with Gasteiger partial charge < -0.3 is 9.84 Å². The third-order valence-corrected chi connectivity index (χ3v) is 5.23. The van der Waals surface area contributed by atoms with E-state index in [9.17, 15) is 18.3 Å². The van der Waals surface area contributed by atoms with Crippen molar-refractivity contribution in [3.63, 3.8) is 0 Å². The number of rotatable bonds is 5. The van der Waals surface area contributed by atoms with Crippen molar-refractivity contribution in [1.29, 1.82) is 0 Å². The van der Waals surface area contributed by atoms with Crippen LogP contribution >= 0.6 is 0 Å². The highest BCUT2D eigenvalue weighted by Gasteiger charge is 2.34. The molecule has 0 spiro atoms. The van der Waals surface area contributed by atoms with Crippen molar-refractivity contribution in [3.05, 3.63) is 24.3 Å². The Labute approximate surface area is 124 Å². The van der Waals surface area contributed by atoms with Crippen LogP contribution in [-0.4, -0.2) is 32.6 Å². The summed E-state index contributed by atoms with van der Waals surface area (Å²) in [6.45, 7) is 0. The molecule has 0 heterocycles. The topological polar surface area (TPSA) is 92.7 Å². The fourth-order valence-corrected chi connectivity index (χ4v) is 3.95. The molecule has 1 aliphatic carbocycles. The molecule has 2 unspecified atom stereocenters. The van der Waals surface area contributed by atoms with Crippen LogP contribution in [0.25, 0.3) is 0 Å².